The lowest BCUT2D eigenvalue weighted by molar-refractivity contribution is -0.110. The number of anilines is 1. The number of carbonyl (C=O) groups is 1. The summed E-state index contributed by atoms with van der Waals surface area (Å²) in [7, 11) is -2.05. The minimum Gasteiger partial charge on any atom is -0.321 e. The number of hydrogen-bond donors (Lipinski definition) is 2. The summed E-state index contributed by atoms with van der Waals surface area (Å²) in [6.45, 7) is 0. The van der Waals surface area contributed by atoms with E-state index in [4.69, 9.17) is 5.14 Å². The van der Waals surface area contributed by atoms with Gasteiger partial charge in [0.25, 0.3) is 5.91 Å². The third-order valence-electron chi connectivity index (χ3n) is 3.14. The number of nitrogens with two attached hydrogens (primary N) is 1. The summed E-state index contributed by atoms with van der Waals surface area (Å²) >= 11 is 0. The molecule has 7 nitrogen and oxygen atoms in total. The Bertz CT molecular complexity index is 881. The first-order valence-corrected chi connectivity index (χ1v) is 7.58. The van der Waals surface area contributed by atoms with E-state index in [1.807, 2.05) is 0 Å². The molecule has 108 valence electrons. The van der Waals surface area contributed by atoms with E-state index in [1.54, 1.807) is 30.2 Å². The standard InChI is InChI=1S/C13H12N4O3S/c1-17-7-8(6-15-17)4-11-10-5-9(21(14,19)20)2-3-12(10)16-13(11)18/h2-7H,1H3,(H,16,18)(H2,14,19,20)/b11-4-. The Kier molecular flexibility index (Phi) is 2.92. The highest BCUT2D eigenvalue weighted by Gasteiger charge is 2.25. The first-order valence-electron chi connectivity index (χ1n) is 6.03. The maximum atomic E-state index is 12.0. The molecule has 2 aromatic rings. The second-order valence-corrected chi connectivity index (χ2v) is 6.27. The number of primary sulfonamides is 1. The zero-order chi connectivity index (χ0) is 15.2. The molecule has 1 aliphatic rings. The smallest absolute Gasteiger partial charge is 0.256 e. The van der Waals surface area contributed by atoms with Crippen LogP contribution in [-0.4, -0.2) is 24.1 Å². The van der Waals surface area contributed by atoms with Crippen LogP contribution in [0.2, 0.25) is 0 Å². The summed E-state index contributed by atoms with van der Waals surface area (Å²) in [5.74, 6) is -0.291. The van der Waals surface area contributed by atoms with Gasteiger partial charge < -0.3 is 5.32 Å². The van der Waals surface area contributed by atoms with Crippen LogP contribution < -0.4 is 10.5 Å². The average molecular weight is 304 g/mol. The molecular weight excluding hydrogens is 292 g/mol. The molecule has 0 aliphatic carbocycles. The molecule has 0 unspecified atom stereocenters. The van der Waals surface area contributed by atoms with Crippen molar-refractivity contribution in [3.63, 3.8) is 0 Å². The van der Waals surface area contributed by atoms with Crippen molar-refractivity contribution < 1.29 is 13.2 Å². The Balaban J connectivity index is 2.14. The highest BCUT2D eigenvalue weighted by molar-refractivity contribution is 7.89. The molecule has 0 bridgehead atoms. The minimum absolute atomic E-state index is 0.0326. The Morgan fingerprint density at radius 1 is 1.38 bits per heavy atom. The van der Waals surface area contributed by atoms with Gasteiger partial charge in [0, 0.05) is 35.6 Å². The zero-order valence-corrected chi connectivity index (χ0v) is 11.9. The Morgan fingerprint density at radius 3 is 2.76 bits per heavy atom. The van der Waals surface area contributed by atoms with Gasteiger partial charge in [-0.2, -0.15) is 5.10 Å². The predicted molar refractivity (Wildman–Crippen MR) is 77.5 cm³/mol. The van der Waals surface area contributed by atoms with E-state index in [1.165, 1.54) is 18.2 Å². The molecule has 0 radical (unpaired) electrons. The fraction of sp³-hybridized carbons (Fsp3) is 0.0769. The molecule has 0 saturated heterocycles. The number of amides is 1. The van der Waals surface area contributed by atoms with Gasteiger partial charge in [0.1, 0.15) is 0 Å². The summed E-state index contributed by atoms with van der Waals surface area (Å²) in [4.78, 5) is 12.0. The molecule has 2 heterocycles. The van der Waals surface area contributed by atoms with Crippen LogP contribution in [0.3, 0.4) is 0 Å². The summed E-state index contributed by atoms with van der Waals surface area (Å²) in [6.07, 6.45) is 5.02. The van der Waals surface area contributed by atoms with Crippen molar-refractivity contribution in [2.24, 2.45) is 12.2 Å². The molecule has 0 saturated carbocycles. The first-order chi connectivity index (χ1) is 9.84. The third-order valence-corrected chi connectivity index (χ3v) is 4.05. The summed E-state index contributed by atoms with van der Waals surface area (Å²) in [5.41, 5.74) is 2.19. The molecule has 0 atom stereocenters. The van der Waals surface area contributed by atoms with Crippen molar-refractivity contribution in [1.82, 2.24) is 9.78 Å². The van der Waals surface area contributed by atoms with Gasteiger partial charge in [-0.05, 0) is 24.3 Å². The molecule has 1 amide bonds. The average Bonchev–Trinajstić information content (AvgIpc) is 2.93. The van der Waals surface area contributed by atoms with Crippen LogP contribution in [0.15, 0.2) is 35.5 Å². The molecule has 3 N–H and O–H groups in total. The number of nitrogens with one attached hydrogen (secondary N) is 1. The summed E-state index contributed by atoms with van der Waals surface area (Å²) < 4.78 is 24.5. The van der Waals surface area contributed by atoms with Gasteiger partial charge in [-0.3, -0.25) is 9.48 Å². The molecule has 3 rings (SSSR count). The van der Waals surface area contributed by atoms with Crippen molar-refractivity contribution in [3.05, 3.63) is 41.7 Å². The lowest BCUT2D eigenvalue weighted by atomic mass is 10.1. The van der Waals surface area contributed by atoms with E-state index in [0.29, 0.717) is 16.8 Å². The molecule has 21 heavy (non-hydrogen) atoms. The van der Waals surface area contributed by atoms with Crippen molar-refractivity contribution in [1.29, 1.82) is 0 Å². The fourth-order valence-electron chi connectivity index (χ4n) is 2.17. The van der Waals surface area contributed by atoms with Crippen LogP contribution in [0, 0.1) is 0 Å². The van der Waals surface area contributed by atoms with Gasteiger partial charge >= 0.3 is 0 Å². The SMILES string of the molecule is Cn1cc(/C=C2\C(=O)Nc3ccc(S(N)(=O)=O)cc32)cn1. The number of aryl methyl sites for hydroxylation is 1. The molecular formula is C13H12N4O3S. The van der Waals surface area contributed by atoms with Crippen molar-refractivity contribution in [2.75, 3.05) is 5.32 Å². The lowest BCUT2D eigenvalue weighted by Gasteiger charge is -2.02. The second kappa shape index (κ2) is 4.54. The second-order valence-electron chi connectivity index (χ2n) is 4.71. The Hall–Kier alpha value is -2.45. The number of nitrogens with zero attached hydrogens (tertiary/aromatic N) is 2. The molecule has 0 spiro atoms. The summed E-state index contributed by atoms with van der Waals surface area (Å²) in [5, 5.41) is 11.8. The molecule has 1 aromatic carbocycles. The van der Waals surface area contributed by atoms with Gasteiger partial charge in [-0.25, -0.2) is 13.6 Å². The van der Waals surface area contributed by atoms with E-state index in [0.717, 1.165) is 5.56 Å². The highest BCUT2D eigenvalue weighted by atomic mass is 32.2. The van der Waals surface area contributed by atoms with E-state index >= 15 is 0 Å². The Labute approximate surface area is 121 Å². The first kappa shape index (κ1) is 13.5. The van der Waals surface area contributed by atoms with Crippen molar-refractivity contribution in [3.8, 4) is 0 Å². The highest BCUT2D eigenvalue weighted by Crippen LogP contribution is 2.34. The Morgan fingerprint density at radius 2 is 2.14 bits per heavy atom. The third kappa shape index (κ3) is 2.46. The quantitative estimate of drug-likeness (QED) is 0.790. The largest absolute Gasteiger partial charge is 0.321 e. The topological polar surface area (TPSA) is 107 Å². The number of carbonyl (C=O) groups excluding carboxylic acids is 1. The number of sulfonamides is 1. The number of benzene rings is 1. The van der Waals surface area contributed by atoms with Crippen LogP contribution in [0.5, 0.6) is 0 Å². The predicted octanol–water partition coefficient (Wildman–Crippen LogP) is 0.560. The maximum Gasteiger partial charge on any atom is 0.256 e. The number of aromatic nitrogens is 2. The lowest BCUT2D eigenvalue weighted by Crippen LogP contribution is -2.12. The van der Waals surface area contributed by atoms with Crippen LogP contribution in [0.1, 0.15) is 11.1 Å². The van der Waals surface area contributed by atoms with Crippen molar-refractivity contribution >= 4 is 33.3 Å². The number of fused-ring (bicyclic) bond motifs is 1. The fourth-order valence-corrected chi connectivity index (χ4v) is 2.71. The van der Waals surface area contributed by atoms with Gasteiger partial charge in [-0.1, -0.05) is 0 Å². The van der Waals surface area contributed by atoms with Gasteiger partial charge in [0.05, 0.1) is 11.1 Å². The summed E-state index contributed by atoms with van der Waals surface area (Å²) in [6, 6.07) is 4.28. The van der Waals surface area contributed by atoms with Crippen LogP contribution in [-0.2, 0) is 21.9 Å². The van der Waals surface area contributed by atoms with Crippen LogP contribution >= 0.6 is 0 Å². The minimum atomic E-state index is -3.82. The molecule has 8 heteroatoms. The van der Waals surface area contributed by atoms with E-state index < -0.39 is 10.0 Å². The van der Waals surface area contributed by atoms with Gasteiger partial charge in [-0.15, -0.1) is 0 Å². The molecule has 1 aromatic heterocycles. The van der Waals surface area contributed by atoms with Gasteiger partial charge in [0.2, 0.25) is 10.0 Å². The number of hydrogen-bond acceptors (Lipinski definition) is 4. The van der Waals surface area contributed by atoms with Crippen molar-refractivity contribution in [2.45, 2.75) is 4.90 Å². The van der Waals surface area contributed by atoms with E-state index in [-0.39, 0.29) is 10.8 Å². The molecule has 0 fully saturated rings. The molecule has 1 aliphatic heterocycles. The van der Waals surface area contributed by atoms with E-state index in [2.05, 4.69) is 10.4 Å². The monoisotopic (exact) mass is 304 g/mol. The van der Waals surface area contributed by atoms with Crippen LogP contribution in [0.25, 0.3) is 11.6 Å². The van der Waals surface area contributed by atoms with E-state index in [9.17, 15) is 13.2 Å². The number of rotatable bonds is 2. The zero-order valence-electron chi connectivity index (χ0n) is 11.1. The van der Waals surface area contributed by atoms with Crippen LogP contribution in [0.4, 0.5) is 5.69 Å². The normalized spacial score (nSPS) is 16.1. The van der Waals surface area contributed by atoms with Gasteiger partial charge in [0.15, 0.2) is 0 Å². The maximum absolute atomic E-state index is 12.0.